The van der Waals surface area contributed by atoms with E-state index >= 15 is 0 Å². The SMILES string of the molecule is COC1CCN(C(=O)c2ccc(F)cc2C)C1. The minimum atomic E-state index is -0.310. The first kappa shape index (κ1) is 12.0. The summed E-state index contributed by atoms with van der Waals surface area (Å²) in [6.07, 6.45) is 0.988. The van der Waals surface area contributed by atoms with Crippen LogP contribution in [-0.4, -0.2) is 37.1 Å². The summed E-state index contributed by atoms with van der Waals surface area (Å²) in [4.78, 5) is 13.9. The Morgan fingerprint density at radius 3 is 2.88 bits per heavy atom. The van der Waals surface area contributed by atoms with Gasteiger partial charge in [-0.1, -0.05) is 0 Å². The van der Waals surface area contributed by atoms with E-state index in [4.69, 9.17) is 4.74 Å². The van der Waals surface area contributed by atoms with Crippen LogP contribution in [-0.2, 0) is 4.74 Å². The number of hydrogen-bond donors (Lipinski definition) is 0. The number of aryl methyl sites for hydroxylation is 1. The van der Waals surface area contributed by atoms with Crippen molar-refractivity contribution < 1.29 is 13.9 Å². The summed E-state index contributed by atoms with van der Waals surface area (Å²) in [6, 6.07) is 4.26. The molecule has 3 nitrogen and oxygen atoms in total. The molecule has 1 atom stereocenters. The number of rotatable bonds is 2. The molecule has 2 rings (SSSR count). The predicted molar refractivity (Wildman–Crippen MR) is 62.5 cm³/mol. The Balaban J connectivity index is 2.15. The van der Waals surface area contributed by atoms with Gasteiger partial charge in [0.05, 0.1) is 6.10 Å². The van der Waals surface area contributed by atoms with Gasteiger partial charge in [0, 0.05) is 25.8 Å². The number of ether oxygens (including phenoxy) is 1. The summed E-state index contributed by atoms with van der Waals surface area (Å²) in [5.41, 5.74) is 1.25. The molecular formula is C13H16FNO2. The molecule has 1 unspecified atom stereocenters. The van der Waals surface area contributed by atoms with Crippen LogP contribution in [0.4, 0.5) is 4.39 Å². The molecule has 0 radical (unpaired) electrons. The molecule has 1 fully saturated rings. The van der Waals surface area contributed by atoms with Crippen LogP contribution in [0.3, 0.4) is 0 Å². The monoisotopic (exact) mass is 237 g/mol. The second kappa shape index (κ2) is 4.84. The van der Waals surface area contributed by atoms with Gasteiger partial charge in [-0.25, -0.2) is 4.39 Å². The van der Waals surface area contributed by atoms with Gasteiger partial charge in [-0.15, -0.1) is 0 Å². The number of halogens is 1. The van der Waals surface area contributed by atoms with E-state index in [2.05, 4.69) is 0 Å². The molecule has 92 valence electrons. The molecule has 0 aliphatic carbocycles. The van der Waals surface area contributed by atoms with Crippen molar-refractivity contribution in [2.45, 2.75) is 19.4 Å². The van der Waals surface area contributed by atoms with Gasteiger partial charge in [0.25, 0.3) is 5.91 Å². The van der Waals surface area contributed by atoms with E-state index in [1.54, 1.807) is 25.0 Å². The zero-order valence-electron chi connectivity index (χ0n) is 10.1. The molecule has 1 saturated heterocycles. The van der Waals surface area contributed by atoms with E-state index in [0.717, 1.165) is 6.42 Å². The summed E-state index contributed by atoms with van der Waals surface area (Å²) in [7, 11) is 1.65. The van der Waals surface area contributed by atoms with Crippen molar-refractivity contribution in [2.24, 2.45) is 0 Å². The number of methoxy groups -OCH3 is 1. The van der Waals surface area contributed by atoms with Crippen molar-refractivity contribution in [3.05, 3.63) is 35.1 Å². The Labute approximate surface area is 100 Å². The number of carbonyl (C=O) groups is 1. The minimum absolute atomic E-state index is 0.0398. The third kappa shape index (κ3) is 2.47. The van der Waals surface area contributed by atoms with Crippen LogP contribution >= 0.6 is 0 Å². The lowest BCUT2D eigenvalue weighted by molar-refractivity contribution is 0.0723. The van der Waals surface area contributed by atoms with Gasteiger partial charge in [-0.05, 0) is 37.1 Å². The number of carbonyl (C=O) groups excluding carboxylic acids is 1. The fraction of sp³-hybridized carbons (Fsp3) is 0.462. The molecule has 0 saturated carbocycles. The molecule has 1 aliphatic heterocycles. The summed E-state index contributed by atoms with van der Waals surface area (Å²) >= 11 is 0. The predicted octanol–water partition coefficient (Wildman–Crippen LogP) is 2.00. The number of benzene rings is 1. The fourth-order valence-corrected chi connectivity index (χ4v) is 2.14. The average Bonchev–Trinajstić information content (AvgIpc) is 2.76. The van der Waals surface area contributed by atoms with Crippen LogP contribution < -0.4 is 0 Å². The lowest BCUT2D eigenvalue weighted by Crippen LogP contribution is -2.30. The number of nitrogens with zero attached hydrogens (tertiary/aromatic N) is 1. The van der Waals surface area contributed by atoms with Gasteiger partial charge >= 0.3 is 0 Å². The van der Waals surface area contributed by atoms with E-state index in [0.29, 0.717) is 24.2 Å². The minimum Gasteiger partial charge on any atom is -0.380 e. The maximum atomic E-state index is 13.0. The average molecular weight is 237 g/mol. The highest BCUT2D eigenvalue weighted by molar-refractivity contribution is 5.95. The number of hydrogen-bond acceptors (Lipinski definition) is 2. The van der Waals surface area contributed by atoms with Crippen LogP contribution in [0.2, 0.25) is 0 Å². The van der Waals surface area contributed by atoms with Crippen molar-refractivity contribution in [1.82, 2.24) is 4.90 Å². The highest BCUT2D eigenvalue weighted by Gasteiger charge is 2.27. The molecule has 1 aliphatic rings. The maximum absolute atomic E-state index is 13.0. The van der Waals surface area contributed by atoms with E-state index < -0.39 is 0 Å². The standard InChI is InChI=1S/C13H16FNO2/c1-9-7-10(14)3-4-12(9)13(16)15-6-5-11(8-15)17-2/h3-4,7,11H,5-6,8H2,1-2H3. The second-order valence-electron chi connectivity index (χ2n) is 4.36. The Morgan fingerprint density at radius 1 is 1.53 bits per heavy atom. The van der Waals surface area contributed by atoms with Crippen molar-refractivity contribution in [2.75, 3.05) is 20.2 Å². The number of amides is 1. The number of likely N-dealkylation sites (tertiary alicyclic amines) is 1. The Kier molecular flexibility index (Phi) is 3.43. The lowest BCUT2D eigenvalue weighted by atomic mass is 10.1. The summed E-state index contributed by atoms with van der Waals surface area (Å²) in [5.74, 6) is -0.350. The van der Waals surface area contributed by atoms with Crippen molar-refractivity contribution >= 4 is 5.91 Å². The van der Waals surface area contributed by atoms with Crippen LogP contribution in [0.1, 0.15) is 22.3 Å². The molecule has 0 aromatic heterocycles. The highest BCUT2D eigenvalue weighted by atomic mass is 19.1. The molecule has 1 heterocycles. The zero-order chi connectivity index (χ0) is 12.4. The molecule has 1 amide bonds. The van der Waals surface area contributed by atoms with Crippen molar-refractivity contribution in [3.63, 3.8) is 0 Å². The van der Waals surface area contributed by atoms with Crippen LogP contribution in [0, 0.1) is 12.7 Å². The topological polar surface area (TPSA) is 29.5 Å². The van der Waals surface area contributed by atoms with Gasteiger partial charge in [0.15, 0.2) is 0 Å². The molecule has 1 aromatic carbocycles. The Hall–Kier alpha value is -1.42. The first-order chi connectivity index (χ1) is 8.11. The van der Waals surface area contributed by atoms with E-state index in [9.17, 15) is 9.18 Å². The largest absolute Gasteiger partial charge is 0.380 e. The molecular weight excluding hydrogens is 221 g/mol. The van der Waals surface area contributed by atoms with Gasteiger partial charge < -0.3 is 9.64 Å². The summed E-state index contributed by atoms with van der Waals surface area (Å²) in [6.45, 7) is 3.07. The molecule has 4 heteroatoms. The Morgan fingerprint density at radius 2 is 2.29 bits per heavy atom. The lowest BCUT2D eigenvalue weighted by Gasteiger charge is -2.17. The van der Waals surface area contributed by atoms with Crippen LogP contribution in [0.25, 0.3) is 0 Å². The molecule has 0 spiro atoms. The first-order valence-electron chi connectivity index (χ1n) is 5.70. The highest BCUT2D eigenvalue weighted by Crippen LogP contribution is 2.18. The summed E-state index contributed by atoms with van der Waals surface area (Å²) < 4.78 is 18.2. The third-order valence-corrected chi connectivity index (χ3v) is 3.18. The molecule has 0 N–H and O–H groups in total. The molecule has 1 aromatic rings. The quantitative estimate of drug-likeness (QED) is 0.787. The van der Waals surface area contributed by atoms with Gasteiger partial charge in [-0.3, -0.25) is 4.79 Å². The second-order valence-corrected chi connectivity index (χ2v) is 4.36. The van der Waals surface area contributed by atoms with Gasteiger partial charge in [-0.2, -0.15) is 0 Å². The van der Waals surface area contributed by atoms with Gasteiger partial charge in [0.2, 0.25) is 0 Å². The van der Waals surface area contributed by atoms with Crippen LogP contribution in [0.5, 0.6) is 0 Å². The van der Waals surface area contributed by atoms with E-state index in [-0.39, 0.29) is 17.8 Å². The maximum Gasteiger partial charge on any atom is 0.254 e. The molecule has 17 heavy (non-hydrogen) atoms. The van der Waals surface area contributed by atoms with Crippen molar-refractivity contribution in [1.29, 1.82) is 0 Å². The van der Waals surface area contributed by atoms with Gasteiger partial charge in [0.1, 0.15) is 5.82 Å². The smallest absolute Gasteiger partial charge is 0.254 e. The first-order valence-corrected chi connectivity index (χ1v) is 5.70. The van der Waals surface area contributed by atoms with Crippen LogP contribution in [0.15, 0.2) is 18.2 Å². The fourth-order valence-electron chi connectivity index (χ4n) is 2.14. The summed E-state index contributed by atoms with van der Waals surface area (Å²) in [5, 5.41) is 0. The third-order valence-electron chi connectivity index (χ3n) is 3.18. The Bertz CT molecular complexity index is 433. The molecule has 0 bridgehead atoms. The van der Waals surface area contributed by atoms with E-state index in [1.165, 1.54) is 12.1 Å². The van der Waals surface area contributed by atoms with E-state index in [1.807, 2.05) is 0 Å². The zero-order valence-corrected chi connectivity index (χ0v) is 10.1. The normalized spacial score (nSPS) is 19.7. The van der Waals surface area contributed by atoms with Crippen molar-refractivity contribution in [3.8, 4) is 0 Å².